The summed E-state index contributed by atoms with van der Waals surface area (Å²) in [5.41, 5.74) is 0.971. The van der Waals surface area contributed by atoms with Gasteiger partial charge < -0.3 is 15.0 Å². The highest BCUT2D eigenvalue weighted by Crippen LogP contribution is 2.15. The van der Waals surface area contributed by atoms with E-state index >= 15 is 0 Å². The molecule has 0 aliphatic carbocycles. The lowest BCUT2D eigenvalue weighted by Gasteiger charge is -2.30. The Morgan fingerprint density at radius 1 is 1.58 bits per heavy atom. The number of amides is 2. The molecule has 1 saturated heterocycles. The highest BCUT2D eigenvalue weighted by molar-refractivity contribution is 5.74. The molecule has 1 atom stereocenters. The number of carbonyl (C=O) groups excluding carboxylic acids is 1. The van der Waals surface area contributed by atoms with Crippen molar-refractivity contribution in [1.29, 1.82) is 0 Å². The van der Waals surface area contributed by atoms with Gasteiger partial charge in [-0.05, 0) is 24.3 Å². The Morgan fingerprint density at radius 3 is 3.05 bits per heavy atom. The highest BCUT2D eigenvalue weighted by atomic mass is 16.5. The van der Waals surface area contributed by atoms with Crippen molar-refractivity contribution in [1.82, 2.24) is 15.2 Å². The molecule has 1 aromatic heterocycles. The van der Waals surface area contributed by atoms with Gasteiger partial charge in [0.25, 0.3) is 0 Å². The summed E-state index contributed by atoms with van der Waals surface area (Å²) in [6.07, 6.45) is 4.03. The number of ether oxygens (including phenoxy) is 1. The van der Waals surface area contributed by atoms with Crippen LogP contribution in [0.5, 0.6) is 5.88 Å². The molecular weight excluding hydrogens is 242 g/mol. The first-order valence-electron chi connectivity index (χ1n) is 6.70. The van der Waals surface area contributed by atoms with E-state index in [0.717, 1.165) is 25.1 Å². The van der Waals surface area contributed by atoms with E-state index in [1.807, 2.05) is 11.0 Å². The first kappa shape index (κ1) is 13.6. The third-order valence-electron chi connectivity index (χ3n) is 3.39. The number of urea groups is 1. The Balaban J connectivity index is 1.82. The van der Waals surface area contributed by atoms with Crippen LogP contribution in [0, 0.1) is 5.92 Å². The molecule has 1 aliphatic heterocycles. The quantitative estimate of drug-likeness (QED) is 0.908. The van der Waals surface area contributed by atoms with Crippen molar-refractivity contribution in [2.45, 2.75) is 26.3 Å². The van der Waals surface area contributed by atoms with Crippen molar-refractivity contribution in [3.8, 4) is 5.88 Å². The first-order chi connectivity index (χ1) is 9.19. The van der Waals surface area contributed by atoms with Gasteiger partial charge in [0.15, 0.2) is 0 Å². The van der Waals surface area contributed by atoms with Crippen LogP contribution >= 0.6 is 0 Å². The van der Waals surface area contributed by atoms with E-state index in [4.69, 9.17) is 4.74 Å². The molecule has 19 heavy (non-hydrogen) atoms. The largest absolute Gasteiger partial charge is 0.481 e. The van der Waals surface area contributed by atoms with Gasteiger partial charge in [-0.1, -0.05) is 13.0 Å². The fourth-order valence-electron chi connectivity index (χ4n) is 2.30. The number of hydrogen-bond acceptors (Lipinski definition) is 3. The minimum Gasteiger partial charge on any atom is -0.481 e. The number of likely N-dealkylation sites (tertiary alicyclic amines) is 1. The standard InChI is InChI=1S/C14H21N3O2/c1-11-4-3-7-17(10-11)14(18)16-9-12-5-6-13(19-2)15-8-12/h5-6,8,11H,3-4,7,9-10H2,1-2H3,(H,16,18). The Morgan fingerprint density at radius 2 is 2.42 bits per heavy atom. The smallest absolute Gasteiger partial charge is 0.317 e. The van der Waals surface area contributed by atoms with Crippen molar-refractivity contribution in [3.63, 3.8) is 0 Å². The zero-order chi connectivity index (χ0) is 13.7. The van der Waals surface area contributed by atoms with E-state index < -0.39 is 0 Å². The molecule has 1 N–H and O–H groups in total. The third kappa shape index (κ3) is 3.84. The number of methoxy groups -OCH3 is 1. The van der Waals surface area contributed by atoms with E-state index in [0.29, 0.717) is 18.3 Å². The Bertz CT molecular complexity index is 419. The molecule has 2 amide bonds. The fraction of sp³-hybridized carbons (Fsp3) is 0.571. The molecule has 0 spiro atoms. The van der Waals surface area contributed by atoms with Gasteiger partial charge in [-0.25, -0.2) is 9.78 Å². The Hall–Kier alpha value is -1.78. The minimum atomic E-state index is 0.0161. The number of hydrogen-bond donors (Lipinski definition) is 1. The van der Waals surface area contributed by atoms with E-state index in [9.17, 15) is 4.79 Å². The summed E-state index contributed by atoms with van der Waals surface area (Å²) >= 11 is 0. The number of nitrogens with zero attached hydrogens (tertiary/aromatic N) is 2. The SMILES string of the molecule is COc1ccc(CNC(=O)N2CCCC(C)C2)cn1. The lowest BCUT2D eigenvalue weighted by Crippen LogP contribution is -2.44. The summed E-state index contributed by atoms with van der Waals surface area (Å²) in [4.78, 5) is 18.0. The van der Waals surface area contributed by atoms with Crippen LogP contribution in [0.3, 0.4) is 0 Å². The predicted molar refractivity (Wildman–Crippen MR) is 73.0 cm³/mol. The zero-order valence-electron chi connectivity index (χ0n) is 11.6. The Kier molecular flexibility index (Phi) is 4.60. The fourth-order valence-corrected chi connectivity index (χ4v) is 2.30. The van der Waals surface area contributed by atoms with Crippen LogP contribution in [-0.2, 0) is 6.54 Å². The molecule has 0 aromatic carbocycles. The summed E-state index contributed by atoms with van der Waals surface area (Å²) < 4.78 is 5.00. The lowest BCUT2D eigenvalue weighted by atomic mass is 10.0. The van der Waals surface area contributed by atoms with Crippen molar-refractivity contribution in [2.24, 2.45) is 5.92 Å². The monoisotopic (exact) mass is 263 g/mol. The van der Waals surface area contributed by atoms with Crippen LogP contribution in [0.4, 0.5) is 4.79 Å². The normalized spacial score (nSPS) is 19.1. The van der Waals surface area contributed by atoms with Gasteiger partial charge >= 0.3 is 6.03 Å². The maximum atomic E-state index is 12.0. The zero-order valence-corrected chi connectivity index (χ0v) is 11.6. The molecule has 2 rings (SSSR count). The van der Waals surface area contributed by atoms with Crippen LogP contribution < -0.4 is 10.1 Å². The molecule has 0 radical (unpaired) electrons. The summed E-state index contributed by atoms with van der Waals surface area (Å²) in [6.45, 7) is 4.40. The van der Waals surface area contributed by atoms with E-state index in [-0.39, 0.29) is 6.03 Å². The third-order valence-corrected chi connectivity index (χ3v) is 3.39. The molecule has 2 heterocycles. The predicted octanol–water partition coefficient (Wildman–Crippen LogP) is 2.03. The summed E-state index contributed by atoms with van der Waals surface area (Å²) in [6, 6.07) is 3.72. The van der Waals surface area contributed by atoms with Gasteiger partial charge in [0.1, 0.15) is 0 Å². The molecule has 0 saturated carbocycles. The van der Waals surface area contributed by atoms with Gasteiger partial charge in [-0.3, -0.25) is 0 Å². The van der Waals surface area contributed by atoms with Crippen molar-refractivity contribution < 1.29 is 9.53 Å². The topological polar surface area (TPSA) is 54.5 Å². The second kappa shape index (κ2) is 6.41. The lowest BCUT2D eigenvalue weighted by molar-refractivity contribution is 0.169. The summed E-state index contributed by atoms with van der Waals surface area (Å²) in [7, 11) is 1.58. The molecule has 0 bridgehead atoms. The molecular formula is C14H21N3O2. The average molecular weight is 263 g/mol. The molecule has 5 heteroatoms. The van der Waals surface area contributed by atoms with Crippen LogP contribution in [-0.4, -0.2) is 36.1 Å². The van der Waals surface area contributed by atoms with Crippen LogP contribution in [0.15, 0.2) is 18.3 Å². The highest BCUT2D eigenvalue weighted by Gasteiger charge is 2.20. The van der Waals surface area contributed by atoms with Crippen LogP contribution in [0.25, 0.3) is 0 Å². The Labute approximate surface area is 114 Å². The van der Waals surface area contributed by atoms with Gasteiger partial charge in [-0.2, -0.15) is 0 Å². The van der Waals surface area contributed by atoms with E-state index in [1.54, 1.807) is 19.4 Å². The van der Waals surface area contributed by atoms with Crippen molar-refractivity contribution in [3.05, 3.63) is 23.9 Å². The number of nitrogens with one attached hydrogen (secondary N) is 1. The van der Waals surface area contributed by atoms with Crippen LogP contribution in [0.2, 0.25) is 0 Å². The molecule has 104 valence electrons. The summed E-state index contributed by atoms with van der Waals surface area (Å²) in [5, 5.41) is 2.93. The minimum absolute atomic E-state index is 0.0161. The van der Waals surface area contributed by atoms with Gasteiger partial charge in [0, 0.05) is 31.9 Å². The average Bonchev–Trinajstić information content (AvgIpc) is 2.45. The van der Waals surface area contributed by atoms with Crippen molar-refractivity contribution >= 4 is 6.03 Å². The van der Waals surface area contributed by atoms with E-state index in [1.165, 1.54) is 6.42 Å². The number of pyridine rings is 1. The van der Waals surface area contributed by atoms with Crippen LogP contribution in [0.1, 0.15) is 25.3 Å². The van der Waals surface area contributed by atoms with Gasteiger partial charge in [0.2, 0.25) is 5.88 Å². The maximum Gasteiger partial charge on any atom is 0.317 e. The molecule has 1 fully saturated rings. The second-order valence-corrected chi connectivity index (χ2v) is 5.06. The molecule has 1 aromatic rings. The molecule has 1 aliphatic rings. The number of carbonyl (C=O) groups is 1. The van der Waals surface area contributed by atoms with Crippen molar-refractivity contribution in [2.75, 3.05) is 20.2 Å². The second-order valence-electron chi connectivity index (χ2n) is 5.06. The maximum absolute atomic E-state index is 12.0. The number of aromatic nitrogens is 1. The van der Waals surface area contributed by atoms with Gasteiger partial charge in [-0.15, -0.1) is 0 Å². The molecule has 1 unspecified atom stereocenters. The number of piperidine rings is 1. The molecule has 5 nitrogen and oxygen atoms in total. The first-order valence-corrected chi connectivity index (χ1v) is 6.70. The number of rotatable bonds is 3. The van der Waals surface area contributed by atoms with Gasteiger partial charge in [0.05, 0.1) is 7.11 Å². The van der Waals surface area contributed by atoms with E-state index in [2.05, 4.69) is 17.2 Å². The summed E-state index contributed by atoms with van der Waals surface area (Å²) in [5.74, 6) is 1.18.